The first-order chi connectivity index (χ1) is 13.9. The third kappa shape index (κ3) is 6.27. The largest absolute Gasteiger partial charge is 0.470 e. The Morgan fingerprint density at radius 2 is 2.06 bits per heavy atom. The van der Waals surface area contributed by atoms with E-state index in [9.17, 15) is 17.8 Å². The Morgan fingerprint density at radius 3 is 2.65 bits per heavy atom. The molecule has 2 aromatic heterocycles. The molecule has 0 radical (unpaired) electrons. The number of imidazole rings is 1. The minimum absolute atomic E-state index is 0. The van der Waals surface area contributed by atoms with Crippen LogP contribution in [0.25, 0.3) is 16.1 Å². The van der Waals surface area contributed by atoms with Crippen molar-refractivity contribution in [2.75, 3.05) is 18.2 Å². The van der Waals surface area contributed by atoms with Crippen molar-refractivity contribution in [2.45, 2.75) is 11.8 Å². The van der Waals surface area contributed by atoms with Crippen molar-refractivity contribution in [3.8, 4) is 16.1 Å². The summed E-state index contributed by atoms with van der Waals surface area (Å²) in [6.07, 6.45) is 5.76. The fourth-order valence-electron chi connectivity index (χ4n) is 2.59. The Balaban J connectivity index is 0.00000341. The smallest absolute Gasteiger partial charge is 0.412 e. The number of aryl methyl sites for hydroxylation is 1. The topological polar surface area (TPSA) is 192 Å². The minimum atomic E-state index is -4.76. The van der Waals surface area contributed by atoms with E-state index < -0.39 is 30.2 Å². The molecule has 31 heavy (non-hydrogen) atoms. The molecule has 168 valence electrons. The summed E-state index contributed by atoms with van der Waals surface area (Å²) in [5.41, 5.74) is 1.67. The number of sulfone groups is 1. The van der Waals surface area contributed by atoms with Crippen molar-refractivity contribution in [1.82, 2.24) is 14.5 Å². The van der Waals surface area contributed by atoms with Gasteiger partial charge < -0.3 is 19.8 Å². The van der Waals surface area contributed by atoms with E-state index in [1.54, 1.807) is 29.8 Å². The predicted octanol–water partition coefficient (Wildman–Crippen LogP) is 0.931. The number of hydrogen-bond donors (Lipinski definition) is 3. The summed E-state index contributed by atoms with van der Waals surface area (Å²) in [7, 11) is -8.25. The summed E-state index contributed by atoms with van der Waals surface area (Å²) in [5, 5.41) is 2.62. The van der Waals surface area contributed by atoms with Gasteiger partial charge in [0.25, 0.3) is 5.91 Å². The summed E-state index contributed by atoms with van der Waals surface area (Å²) in [6.45, 7) is 0.890. The highest BCUT2D eigenvalue weighted by molar-refractivity contribution is 7.90. The molecule has 1 aromatic carbocycles. The van der Waals surface area contributed by atoms with Crippen molar-refractivity contribution >= 4 is 40.0 Å². The fraction of sp³-hybridized carbons (Fsp3) is 0.188. The number of nitrogens with one attached hydrogen (secondary N) is 1. The van der Waals surface area contributed by atoms with Gasteiger partial charge in [-0.15, -0.1) is 0 Å². The lowest BCUT2D eigenvalue weighted by Crippen LogP contribution is -2.17. The highest BCUT2D eigenvalue weighted by Gasteiger charge is 2.20. The number of phosphoric acid groups is 1. The molecule has 0 aliphatic heterocycles. The number of thiazole rings is 1. The van der Waals surface area contributed by atoms with E-state index in [0.29, 0.717) is 21.8 Å². The van der Waals surface area contributed by atoms with Crippen molar-refractivity contribution in [3.05, 3.63) is 42.6 Å². The van der Waals surface area contributed by atoms with Gasteiger partial charge in [0.1, 0.15) is 6.61 Å². The SMILES string of the molecule is Cc1nc(NC(=O)COP(=O)(O)O)sc1-c1ccc(S(C)(=O)=O)c(-n2ccnc2)c1.O. The van der Waals surface area contributed by atoms with Gasteiger partial charge in [-0.2, -0.15) is 0 Å². The van der Waals surface area contributed by atoms with Crippen LogP contribution in [0.5, 0.6) is 0 Å². The molecule has 0 spiro atoms. The van der Waals surface area contributed by atoms with Gasteiger partial charge in [-0.3, -0.25) is 14.6 Å². The number of phosphoric ester groups is 1. The van der Waals surface area contributed by atoms with Crippen LogP contribution in [0.4, 0.5) is 5.13 Å². The van der Waals surface area contributed by atoms with E-state index in [-0.39, 0.29) is 15.5 Å². The Kier molecular flexibility index (Phi) is 7.49. The predicted molar refractivity (Wildman–Crippen MR) is 113 cm³/mol. The number of nitrogens with zero attached hydrogens (tertiary/aromatic N) is 3. The highest BCUT2D eigenvalue weighted by Crippen LogP contribution is 2.37. The number of anilines is 1. The molecule has 0 saturated heterocycles. The average molecular weight is 490 g/mol. The van der Waals surface area contributed by atoms with Crippen LogP contribution in [0, 0.1) is 6.92 Å². The molecule has 1 amide bonds. The lowest BCUT2D eigenvalue weighted by molar-refractivity contribution is -0.118. The Hall–Kier alpha value is -2.45. The minimum Gasteiger partial charge on any atom is -0.412 e. The number of aromatic nitrogens is 3. The molecular formula is C16H19N4O8PS2. The van der Waals surface area contributed by atoms with Gasteiger partial charge in [-0.25, -0.2) is 23.0 Å². The molecule has 5 N–H and O–H groups in total. The van der Waals surface area contributed by atoms with Crippen LogP contribution < -0.4 is 5.32 Å². The van der Waals surface area contributed by atoms with E-state index >= 15 is 0 Å². The zero-order valence-electron chi connectivity index (χ0n) is 16.2. The van der Waals surface area contributed by atoms with E-state index in [2.05, 4.69) is 19.8 Å². The van der Waals surface area contributed by atoms with Crippen LogP contribution >= 0.6 is 19.2 Å². The Morgan fingerprint density at radius 1 is 1.35 bits per heavy atom. The molecule has 3 aromatic rings. The van der Waals surface area contributed by atoms with Gasteiger partial charge in [0.2, 0.25) is 0 Å². The number of carbonyl (C=O) groups excluding carboxylic acids is 1. The average Bonchev–Trinajstić information content (AvgIpc) is 3.28. The second kappa shape index (κ2) is 9.36. The Labute approximate surface area is 181 Å². The van der Waals surface area contributed by atoms with Crippen LogP contribution in [0.3, 0.4) is 0 Å². The van der Waals surface area contributed by atoms with E-state index in [1.807, 2.05) is 0 Å². The van der Waals surface area contributed by atoms with Gasteiger partial charge in [0.15, 0.2) is 15.0 Å². The first kappa shape index (κ1) is 24.8. The van der Waals surface area contributed by atoms with Gasteiger partial charge in [0.05, 0.1) is 27.5 Å². The molecule has 0 saturated carbocycles. The maximum absolute atomic E-state index is 12.2. The van der Waals surface area contributed by atoms with Crippen LogP contribution in [0.15, 0.2) is 41.8 Å². The van der Waals surface area contributed by atoms with Crippen molar-refractivity contribution in [2.24, 2.45) is 0 Å². The third-order valence-corrected chi connectivity index (χ3v) is 6.54. The van der Waals surface area contributed by atoms with Crippen LogP contribution in [-0.4, -0.2) is 57.0 Å². The summed E-state index contributed by atoms with van der Waals surface area (Å²) < 4.78 is 40.7. The van der Waals surface area contributed by atoms with Crippen LogP contribution in [-0.2, 0) is 23.7 Å². The number of benzene rings is 1. The summed E-state index contributed by atoms with van der Waals surface area (Å²) >= 11 is 1.13. The number of rotatable bonds is 7. The maximum Gasteiger partial charge on any atom is 0.470 e. The second-order valence-electron chi connectivity index (χ2n) is 6.17. The number of amides is 1. The van der Waals surface area contributed by atoms with Gasteiger partial charge in [-0.05, 0) is 24.6 Å². The molecule has 12 nitrogen and oxygen atoms in total. The molecule has 0 fully saturated rings. The summed E-state index contributed by atoms with van der Waals surface area (Å²) in [4.78, 5) is 38.1. The van der Waals surface area contributed by atoms with Crippen molar-refractivity contribution in [3.63, 3.8) is 0 Å². The van der Waals surface area contributed by atoms with Gasteiger partial charge in [-0.1, -0.05) is 17.4 Å². The van der Waals surface area contributed by atoms with E-state index in [1.165, 1.54) is 18.6 Å². The van der Waals surface area contributed by atoms with Crippen molar-refractivity contribution < 1.29 is 37.6 Å². The third-order valence-electron chi connectivity index (χ3n) is 3.81. The lowest BCUT2D eigenvalue weighted by Gasteiger charge is -2.11. The molecule has 0 atom stereocenters. The molecule has 3 rings (SSSR count). The zero-order valence-corrected chi connectivity index (χ0v) is 18.7. The fourth-order valence-corrected chi connectivity index (χ4v) is 4.72. The lowest BCUT2D eigenvalue weighted by atomic mass is 10.1. The van der Waals surface area contributed by atoms with Gasteiger partial charge >= 0.3 is 7.82 Å². The van der Waals surface area contributed by atoms with Crippen LogP contribution in [0.2, 0.25) is 0 Å². The highest BCUT2D eigenvalue weighted by atomic mass is 32.2. The molecule has 15 heteroatoms. The molecule has 0 unspecified atom stereocenters. The monoisotopic (exact) mass is 490 g/mol. The zero-order chi connectivity index (χ0) is 22.1. The Bertz CT molecular complexity index is 1230. The summed E-state index contributed by atoms with van der Waals surface area (Å²) in [6, 6.07) is 4.81. The van der Waals surface area contributed by atoms with Crippen LogP contribution in [0.1, 0.15) is 5.69 Å². The molecule has 2 heterocycles. The normalized spacial score (nSPS) is 11.7. The van der Waals surface area contributed by atoms with E-state index in [4.69, 9.17) is 9.79 Å². The maximum atomic E-state index is 12.2. The van der Waals surface area contributed by atoms with Crippen molar-refractivity contribution in [1.29, 1.82) is 0 Å². The second-order valence-corrected chi connectivity index (χ2v) is 10.4. The first-order valence-electron chi connectivity index (χ1n) is 8.24. The molecule has 0 aliphatic rings. The number of hydrogen-bond acceptors (Lipinski definition) is 8. The first-order valence-corrected chi connectivity index (χ1v) is 12.5. The standard InChI is InChI=1S/C16H17N4O7PS2.H2O/c1-10-15(29-16(18-10)19-14(21)8-27-28(22,23)24)11-3-4-13(30(2,25)26)12(7-11)20-6-5-17-9-20;/h3-7,9H,8H2,1-2H3,(H,18,19,21)(H2,22,23,24);1H2. The molecule has 0 bridgehead atoms. The van der Waals surface area contributed by atoms with Gasteiger partial charge in [0, 0.05) is 18.6 Å². The van der Waals surface area contributed by atoms with E-state index in [0.717, 1.165) is 17.6 Å². The molecular weight excluding hydrogens is 471 g/mol. The summed E-state index contributed by atoms with van der Waals surface area (Å²) in [5.74, 6) is -0.773. The quantitative estimate of drug-likeness (QED) is 0.404. The molecule has 0 aliphatic carbocycles. The number of carbonyl (C=O) groups is 1.